The molecule has 1 N–H and O–H groups in total. The average molecular weight is 398 g/mol. The van der Waals surface area contributed by atoms with Gasteiger partial charge in [-0.05, 0) is 24.3 Å². The quantitative estimate of drug-likeness (QED) is 0.631. The van der Waals surface area contributed by atoms with E-state index in [1.54, 1.807) is 17.0 Å². The van der Waals surface area contributed by atoms with Crippen molar-refractivity contribution in [2.45, 2.75) is 12.7 Å². The summed E-state index contributed by atoms with van der Waals surface area (Å²) in [5, 5.41) is 13.9. The topological polar surface area (TPSA) is 91.9 Å². The van der Waals surface area contributed by atoms with E-state index in [1.165, 1.54) is 11.2 Å². The number of piperazine rings is 1. The highest BCUT2D eigenvalue weighted by atomic mass is 19.4. The number of alkyl halides is 3. The third-order valence-corrected chi connectivity index (χ3v) is 4.40. The molecule has 1 fully saturated rings. The van der Waals surface area contributed by atoms with E-state index in [2.05, 4.69) is 5.32 Å². The second-order valence-electron chi connectivity index (χ2n) is 6.17. The molecule has 0 bridgehead atoms. The van der Waals surface area contributed by atoms with Gasteiger partial charge in [0.15, 0.2) is 0 Å². The Bertz CT molecular complexity index is 847. The zero-order valence-electron chi connectivity index (χ0n) is 14.6. The number of hydrogen-bond acceptors (Lipinski definition) is 5. The Kier molecular flexibility index (Phi) is 5.43. The van der Waals surface area contributed by atoms with Crippen molar-refractivity contribution in [2.24, 2.45) is 0 Å². The van der Waals surface area contributed by atoms with Crippen LogP contribution in [0.15, 0.2) is 41.0 Å². The lowest BCUT2D eigenvalue weighted by Crippen LogP contribution is -2.51. The van der Waals surface area contributed by atoms with Gasteiger partial charge in [0.1, 0.15) is 11.4 Å². The zero-order chi connectivity index (χ0) is 20.3. The number of halogens is 3. The molecule has 0 atom stereocenters. The molecule has 1 aliphatic heterocycles. The second-order valence-corrected chi connectivity index (χ2v) is 6.17. The lowest BCUT2D eigenvalue weighted by molar-refractivity contribution is -0.384. The third-order valence-electron chi connectivity index (χ3n) is 4.40. The number of urea groups is 1. The molecular formula is C17H17F3N4O4. The number of rotatable bonds is 4. The van der Waals surface area contributed by atoms with Gasteiger partial charge in [0.2, 0.25) is 0 Å². The summed E-state index contributed by atoms with van der Waals surface area (Å²) in [5.74, 6) is 0.604. The highest BCUT2D eigenvalue weighted by molar-refractivity contribution is 5.74. The van der Waals surface area contributed by atoms with Gasteiger partial charge < -0.3 is 19.5 Å². The van der Waals surface area contributed by atoms with Crippen LogP contribution >= 0.6 is 0 Å². The lowest BCUT2D eigenvalue weighted by Gasteiger charge is -2.35. The summed E-state index contributed by atoms with van der Waals surface area (Å²) in [6.07, 6.45) is -3.16. The van der Waals surface area contributed by atoms with Crippen LogP contribution in [0.1, 0.15) is 11.3 Å². The molecule has 3 rings (SSSR count). The SMILES string of the molecule is O=C(NCc1ccco1)N1CCN(c2ccc(C(F)(F)F)cc2[N+](=O)[O-])CC1. The van der Waals surface area contributed by atoms with E-state index in [9.17, 15) is 28.1 Å². The fourth-order valence-corrected chi connectivity index (χ4v) is 2.95. The fraction of sp³-hybridized carbons (Fsp3) is 0.353. The molecular weight excluding hydrogens is 381 g/mol. The molecule has 150 valence electrons. The average Bonchev–Trinajstić information content (AvgIpc) is 3.18. The lowest BCUT2D eigenvalue weighted by atomic mass is 10.1. The van der Waals surface area contributed by atoms with E-state index >= 15 is 0 Å². The number of nitro benzene ring substituents is 1. The monoisotopic (exact) mass is 398 g/mol. The van der Waals surface area contributed by atoms with Gasteiger partial charge in [-0.15, -0.1) is 0 Å². The van der Waals surface area contributed by atoms with Crippen molar-refractivity contribution in [1.82, 2.24) is 10.2 Å². The molecule has 8 nitrogen and oxygen atoms in total. The standard InChI is InChI=1S/C17H17F3N4O4/c18-17(19,20)12-3-4-14(15(10-12)24(26)27)22-5-7-23(8-6-22)16(25)21-11-13-2-1-9-28-13/h1-4,9-10H,5-8,11H2,(H,21,25). The Morgan fingerprint density at radius 3 is 2.50 bits per heavy atom. The van der Waals surface area contributed by atoms with E-state index in [4.69, 9.17) is 4.42 Å². The van der Waals surface area contributed by atoms with Crippen molar-refractivity contribution in [2.75, 3.05) is 31.1 Å². The summed E-state index contributed by atoms with van der Waals surface area (Å²) in [6.45, 7) is 1.32. The van der Waals surface area contributed by atoms with Crippen LogP contribution in [0.4, 0.5) is 29.3 Å². The summed E-state index contributed by atoms with van der Waals surface area (Å²) in [4.78, 5) is 25.7. The molecule has 0 aliphatic carbocycles. The first kappa shape index (κ1) is 19.5. The first-order chi connectivity index (χ1) is 13.3. The van der Waals surface area contributed by atoms with Gasteiger partial charge >= 0.3 is 12.2 Å². The van der Waals surface area contributed by atoms with E-state index in [1.807, 2.05) is 0 Å². The van der Waals surface area contributed by atoms with Crippen LogP contribution in [0.3, 0.4) is 0 Å². The van der Waals surface area contributed by atoms with E-state index < -0.39 is 22.4 Å². The summed E-state index contributed by atoms with van der Waals surface area (Å²) in [6, 6.07) is 5.59. The van der Waals surface area contributed by atoms with Crippen LogP contribution in [0.5, 0.6) is 0 Å². The molecule has 1 saturated heterocycles. The van der Waals surface area contributed by atoms with E-state index in [0.29, 0.717) is 11.8 Å². The molecule has 28 heavy (non-hydrogen) atoms. The molecule has 1 aromatic heterocycles. The van der Waals surface area contributed by atoms with Crippen LogP contribution in [0.2, 0.25) is 0 Å². The highest BCUT2D eigenvalue weighted by Gasteiger charge is 2.34. The predicted molar refractivity (Wildman–Crippen MR) is 92.8 cm³/mol. The first-order valence-electron chi connectivity index (χ1n) is 8.41. The Labute approximate surface area is 157 Å². The highest BCUT2D eigenvalue weighted by Crippen LogP contribution is 2.36. The molecule has 0 unspecified atom stereocenters. The number of nitrogens with zero attached hydrogens (tertiary/aromatic N) is 3. The van der Waals surface area contributed by atoms with Gasteiger partial charge in [-0.25, -0.2) is 4.79 Å². The van der Waals surface area contributed by atoms with Gasteiger partial charge in [0, 0.05) is 32.2 Å². The minimum Gasteiger partial charge on any atom is -0.467 e. The maximum absolute atomic E-state index is 12.8. The molecule has 2 heterocycles. The number of furan rings is 1. The third kappa shape index (κ3) is 4.35. The smallest absolute Gasteiger partial charge is 0.416 e. The van der Waals surface area contributed by atoms with Crippen molar-refractivity contribution in [3.63, 3.8) is 0 Å². The van der Waals surface area contributed by atoms with Crippen LogP contribution in [0.25, 0.3) is 0 Å². The Balaban J connectivity index is 1.64. The summed E-state index contributed by atoms with van der Waals surface area (Å²) in [5.41, 5.74) is -1.57. The van der Waals surface area contributed by atoms with Gasteiger partial charge in [-0.3, -0.25) is 10.1 Å². The molecule has 1 aliphatic rings. The molecule has 11 heteroatoms. The summed E-state index contributed by atoms with van der Waals surface area (Å²) in [7, 11) is 0. The second kappa shape index (κ2) is 7.79. The molecule has 0 radical (unpaired) electrons. The molecule has 2 aromatic rings. The van der Waals surface area contributed by atoms with Crippen molar-refractivity contribution >= 4 is 17.4 Å². The van der Waals surface area contributed by atoms with Crippen LogP contribution < -0.4 is 10.2 Å². The zero-order valence-corrected chi connectivity index (χ0v) is 14.6. The normalized spacial score (nSPS) is 14.8. The van der Waals surface area contributed by atoms with Gasteiger partial charge in [-0.2, -0.15) is 13.2 Å². The van der Waals surface area contributed by atoms with Crippen molar-refractivity contribution in [3.8, 4) is 0 Å². The van der Waals surface area contributed by atoms with Crippen LogP contribution in [-0.2, 0) is 12.7 Å². The van der Waals surface area contributed by atoms with E-state index in [-0.39, 0.29) is 44.4 Å². The van der Waals surface area contributed by atoms with Gasteiger partial charge in [0.25, 0.3) is 5.69 Å². The number of benzene rings is 1. The Morgan fingerprint density at radius 2 is 1.93 bits per heavy atom. The molecule has 2 amide bonds. The molecule has 1 aromatic carbocycles. The maximum Gasteiger partial charge on any atom is 0.416 e. The minimum atomic E-state index is -4.66. The van der Waals surface area contributed by atoms with Crippen molar-refractivity contribution in [1.29, 1.82) is 0 Å². The van der Waals surface area contributed by atoms with Crippen molar-refractivity contribution < 1.29 is 27.3 Å². The minimum absolute atomic E-state index is 0.105. The number of hydrogen-bond donors (Lipinski definition) is 1. The Morgan fingerprint density at radius 1 is 1.21 bits per heavy atom. The summed E-state index contributed by atoms with van der Waals surface area (Å²) < 4.78 is 43.6. The van der Waals surface area contributed by atoms with Crippen molar-refractivity contribution in [3.05, 3.63) is 58.0 Å². The van der Waals surface area contributed by atoms with Crippen LogP contribution in [-0.4, -0.2) is 42.0 Å². The molecule has 0 saturated carbocycles. The maximum atomic E-state index is 12.8. The number of anilines is 1. The van der Waals surface area contributed by atoms with Gasteiger partial charge in [-0.1, -0.05) is 0 Å². The molecule has 0 spiro atoms. The largest absolute Gasteiger partial charge is 0.467 e. The van der Waals surface area contributed by atoms with Crippen LogP contribution in [0, 0.1) is 10.1 Å². The summed E-state index contributed by atoms with van der Waals surface area (Å²) >= 11 is 0. The Hall–Kier alpha value is -3.24. The van der Waals surface area contributed by atoms with E-state index in [0.717, 1.165) is 12.1 Å². The predicted octanol–water partition coefficient (Wildman–Crippen LogP) is 3.24. The number of nitro groups is 1. The van der Waals surface area contributed by atoms with Gasteiger partial charge in [0.05, 0.1) is 23.3 Å². The number of nitrogens with one attached hydrogen (secondary N) is 1. The fourth-order valence-electron chi connectivity index (χ4n) is 2.95. The number of carbonyl (C=O) groups is 1. The first-order valence-corrected chi connectivity index (χ1v) is 8.41. The number of amides is 2. The number of carbonyl (C=O) groups excluding carboxylic acids is 1.